The zero-order valence-corrected chi connectivity index (χ0v) is 14.2. The molecule has 0 atom stereocenters. The van der Waals surface area contributed by atoms with E-state index < -0.39 is 0 Å². The molecule has 1 aliphatic heterocycles. The smallest absolute Gasteiger partial charge is 0.193 e. The number of guanidine groups is 1. The SMILES string of the molecule is CCNC(=NCCCCSC)N1CCC(OCC)CC1. The van der Waals surface area contributed by atoms with Gasteiger partial charge in [-0.1, -0.05) is 0 Å². The average Bonchev–Trinajstić information content (AvgIpc) is 2.47. The van der Waals surface area contributed by atoms with Gasteiger partial charge in [-0.15, -0.1) is 0 Å². The predicted octanol–water partition coefficient (Wildman–Crippen LogP) is 2.60. The van der Waals surface area contributed by atoms with Gasteiger partial charge in [0.15, 0.2) is 5.96 Å². The topological polar surface area (TPSA) is 36.9 Å². The zero-order valence-electron chi connectivity index (χ0n) is 13.4. The summed E-state index contributed by atoms with van der Waals surface area (Å²) in [5.74, 6) is 2.33. The first-order valence-electron chi connectivity index (χ1n) is 7.95. The Morgan fingerprint density at radius 3 is 2.65 bits per heavy atom. The van der Waals surface area contributed by atoms with Crippen molar-refractivity contribution < 1.29 is 4.74 Å². The molecule has 1 rings (SSSR count). The van der Waals surface area contributed by atoms with Gasteiger partial charge in [0, 0.05) is 32.8 Å². The van der Waals surface area contributed by atoms with E-state index in [9.17, 15) is 0 Å². The second-order valence-electron chi connectivity index (χ2n) is 5.08. The summed E-state index contributed by atoms with van der Waals surface area (Å²) in [6.45, 7) is 9.03. The first-order valence-corrected chi connectivity index (χ1v) is 9.35. The van der Waals surface area contributed by atoms with Crippen LogP contribution in [0.2, 0.25) is 0 Å². The fraction of sp³-hybridized carbons (Fsp3) is 0.933. The second-order valence-corrected chi connectivity index (χ2v) is 6.06. The van der Waals surface area contributed by atoms with Gasteiger partial charge in [-0.3, -0.25) is 4.99 Å². The second kappa shape index (κ2) is 11.3. The van der Waals surface area contributed by atoms with E-state index >= 15 is 0 Å². The van der Waals surface area contributed by atoms with Crippen LogP contribution in [0.25, 0.3) is 0 Å². The summed E-state index contributed by atoms with van der Waals surface area (Å²) in [5, 5.41) is 3.42. The van der Waals surface area contributed by atoms with Crippen molar-refractivity contribution in [3.8, 4) is 0 Å². The minimum Gasteiger partial charge on any atom is -0.378 e. The lowest BCUT2D eigenvalue weighted by molar-refractivity contribution is 0.0264. The molecule has 5 heteroatoms. The van der Waals surface area contributed by atoms with Gasteiger partial charge >= 0.3 is 0 Å². The molecule has 1 N–H and O–H groups in total. The quantitative estimate of drug-likeness (QED) is 0.425. The fourth-order valence-electron chi connectivity index (χ4n) is 2.44. The Morgan fingerprint density at radius 1 is 1.30 bits per heavy atom. The average molecular weight is 302 g/mol. The van der Waals surface area contributed by atoms with Gasteiger partial charge in [0.2, 0.25) is 0 Å². The van der Waals surface area contributed by atoms with Crippen LogP contribution in [0.15, 0.2) is 4.99 Å². The van der Waals surface area contributed by atoms with Gasteiger partial charge in [-0.25, -0.2) is 0 Å². The maximum absolute atomic E-state index is 5.71. The molecule has 1 aliphatic rings. The summed E-state index contributed by atoms with van der Waals surface area (Å²) in [4.78, 5) is 7.14. The first-order chi connectivity index (χ1) is 9.81. The van der Waals surface area contributed by atoms with Crippen LogP contribution in [0.1, 0.15) is 39.5 Å². The number of hydrogen-bond donors (Lipinski definition) is 1. The monoisotopic (exact) mass is 301 g/mol. The summed E-state index contributed by atoms with van der Waals surface area (Å²) < 4.78 is 5.71. The lowest BCUT2D eigenvalue weighted by Gasteiger charge is -2.34. The molecule has 4 nitrogen and oxygen atoms in total. The standard InChI is InChI=1S/C15H31N3OS/c1-4-16-15(17-10-6-7-13-20-3)18-11-8-14(9-12-18)19-5-2/h14H,4-13H2,1-3H3,(H,16,17). The minimum atomic E-state index is 0.445. The molecule has 20 heavy (non-hydrogen) atoms. The molecule has 118 valence electrons. The molecule has 0 saturated carbocycles. The molecule has 0 aromatic rings. The van der Waals surface area contributed by atoms with E-state index in [0.717, 1.165) is 51.6 Å². The van der Waals surface area contributed by atoms with Crippen LogP contribution in [0.4, 0.5) is 0 Å². The summed E-state index contributed by atoms with van der Waals surface area (Å²) in [6.07, 6.45) is 7.29. The van der Waals surface area contributed by atoms with Crippen molar-refractivity contribution in [2.24, 2.45) is 4.99 Å². The largest absolute Gasteiger partial charge is 0.378 e. The van der Waals surface area contributed by atoms with Gasteiger partial charge in [0.25, 0.3) is 0 Å². The Bertz CT molecular complexity index is 266. The highest BCUT2D eigenvalue weighted by Crippen LogP contribution is 2.13. The molecular weight excluding hydrogens is 270 g/mol. The van der Waals surface area contributed by atoms with E-state index in [-0.39, 0.29) is 0 Å². The van der Waals surface area contributed by atoms with Crippen LogP contribution < -0.4 is 5.32 Å². The van der Waals surface area contributed by atoms with Crippen molar-refractivity contribution in [2.75, 3.05) is 44.8 Å². The minimum absolute atomic E-state index is 0.445. The molecule has 1 heterocycles. The number of nitrogens with zero attached hydrogens (tertiary/aromatic N) is 2. The number of piperidine rings is 1. The molecule has 0 radical (unpaired) electrons. The van der Waals surface area contributed by atoms with Gasteiger partial charge in [-0.05, 0) is 51.5 Å². The third kappa shape index (κ3) is 6.84. The fourth-order valence-corrected chi connectivity index (χ4v) is 2.93. The lowest BCUT2D eigenvalue weighted by atomic mass is 10.1. The molecular formula is C15H31N3OS. The Balaban J connectivity index is 2.35. The Labute approximate surface area is 128 Å². The van der Waals surface area contributed by atoms with Gasteiger partial charge in [0.05, 0.1) is 6.10 Å². The maximum atomic E-state index is 5.71. The van der Waals surface area contributed by atoms with Gasteiger partial charge in [0.1, 0.15) is 0 Å². The van der Waals surface area contributed by atoms with Crippen LogP contribution in [0, 0.1) is 0 Å². The molecule has 0 amide bonds. The lowest BCUT2D eigenvalue weighted by Crippen LogP contribution is -2.47. The van der Waals surface area contributed by atoms with Gasteiger partial charge in [-0.2, -0.15) is 11.8 Å². The van der Waals surface area contributed by atoms with E-state index in [1.54, 1.807) is 0 Å². The number of nitrogens with one attached hydrogen (secondary N) is 1. The number of ether oxygens (including phenoxy) is 1. The molecule has 0 bridgehead atoms. The van der Waals surface area contributed by atoms with Crippen molar-refractivity contribution in [3.05, 3.63) is 0 Å². The van der Waals surface area contributed by atoms with E-state index in [2.05, 4.69) is 30.3 Å². The van der Waals surface area contributed by atoms with Crippen molar-refractivity contribution in [1.29, 1.82) is 0 Å². The molecule has 0 spiro atoms. The van der Waals surface area contributed by atoms with Crippen molar-refractivity contribution in [3.63, 3.8) is 0 Å². The Morgan fingerprint density at radius 2 is 2.05 bits per heavy atom. The molecule has 1 fully saturated rings. The van der Waals surface area contributed by atoms with E-state index in [0.29, 0.717) is 6.10 Å². The van der Waals surface area contributed by atoms with Crippen LogP contribution in [-0.4, -0.2) is 61.8 Å². The number of aliphatic imine (C=N–C) groups is 1. The third-order valence-electron chi connectivity index (χ3n) is 3.50. The zero-order chi connectivity index (χ0) is 14.6. The summed E-state index contributed by atoms with van der Waals surface area (Å²) in [6, 6.07) is 0. The normalized spacial score (nSPS) is 17.6. The van der Waals surface area contributed by atoms with E-state index in [4.69, 9.17) is 9.73 Å². The highest BCUT2D eigenvalue weighted by molar-refractivity contribution is 7.98. The van der Waals surface area contributed by atoms with Gasteiger partial charge < -0.3 is 15.0 Å². The highest BCUT2D eigenvalue weighted by Gasteiger charge is 2.21. The van der Waals surface area contributed by atoms with Crippen molar-refractivity contribution in [1.82, 2.24) is 10.2 Å². The van der Waals surface area contributed by atoms with Crippen LogP contribution in [-0.2, 0) is 4.74 Å². The summed E-state index contributed by atoms with van der Waals surface area (Å²) >= 11 is 1.92. The summed E-state index contributed by atoms with van der Waals surface area (Å²) in [5.41, 5.74) is 0. The number of thioether (sulfide) groups is 1. The first kappa shape index (κ1) is 17.6. The number of rotatable bonds is 8. The van der Waals surface area contributed by atoms with Crippen LogP contribution >= 0.6 is 11.8 Å². The number of unbranched alkanes of at least 4 members (excludes halogenated alkanes) is 1. The number of hydrogen-bond acceptors (Lipinski definition) is 3. The Kier molecular flexibility index (Phi) is 9.93. The predicted molar refractivity (Wildman–Crippen MR) is 89.8 cm³/mol. The van der Waals surface area contributed by atoms with Crippen LogP contribution in [0.5, 0.6) is 0 Å². The van der Waals surface area contributed by atoms with E-state index in [1.807, 2.05) is 11.8 Å². The molecule has 1 saturated heterocycles. The van der Waals surface area contributed by atoms with Crippen molar-refractivity contribution >= 4 is 17.7 Å². The van der Waals surface area contributed by atoms with Crippen molar-refractivity contribution in [2.45, 2.75) is 45.6 Å². The molecule has 0 aromatic carbocycles. The molecule has 0 unspecified atom stereocenters. The molecule has 0 aromatic heterocycles. The third-order valence-corrected chi connectivity index (χ3v) is 4.19. The number of likely N-dealkylation sites (tertiary alicyclic amines) is 1. The Hall–Kier alpha value is -0.420. The summed E-state index contributed by atoms with van der Waals surface area (Å²) in [7, 11) is 0. The van der Waals surface area contributed by atoms with E-state index in [1.165, 1.54) is 18.6 Å². The van der Waals surface area contributed by atoms with Crippen LogP contribution in [0.3, 0.4) is 0 Å². The maximum Gasteiger partial charge on any atom is 0.193 e. The highest BCUT2D eigenvalue weighted by atomic mass is 32.2. The molecule has 0 aliphatic carbocycles.